The number of amides is 1. The second kappa shape index (κ2) is 8.53. The summed E-state index contributed by atoms with van der Waals surface area (Å²) in [6.45, 7) is 6.55. The van der Waals surface area contributed by atoms with E-state index in [4.69, 9.17) is 0 Å². The fourth-order valence-electron chi connectivity index (χ4n) is 3.54. The number of benzene rings is 2. The van der Waals surface area contributed by atoms with Gasteiger partial charge in [-0.25, -0.2) is 4.39 Å². The SMILES string of the molecule is CC(C)(C(=O)NC1CCN(Cc2ccccc2)CC1)c1cc(F)ccc1Br. The second-order valence-corrected chi connectivity index (χ2v) is 8.61. The largest absolute Gasteiger partial charge is 0.353 e. The van der Waals surface area contributed by atoms with Gasteiger partial charge in [0.05, 0.1) is 5.41 Å². The molecule has 1 fully saturated rings. The molecular formula is C22H26BrFN2O. The lowest BCUT2D eigenvalue weighted by molar-refractivity contribution is -0.126. The maximum absolute atomic E-state index is 13.7. The number of likely N-dealkylation sites (tertiary alicyclic amines) is 1. The summed E-state index contributed by atoms with van der Waals surface area (Å²) in [5.74, 6) is -0.390. The van der Waals surface area contributed by atoms with E-state index >= 15 is 0 Å². The fraction of sp³-hybridized carbons (Fsp3) is 0.409. The van der Waals surface area contributed by atoms with Gasteiger partial charge in [-0.1, -0.05) is 46.3 Å². The molecule has 0 aliphatic carbocycles. The lowest BCUT2D eigenvalue weighted by atomic mass is 9.83. The fourth-order valence-corrected chi connectivity index (χ4v) is 4.28. The number of halogens is 2. The van der Waals surface area contributed by atoms with Crippen LogP contribution < -0.4 is 5.32 Å². The summed E-state index contributed by atoms with van der Waals surface area (Å²) in [7, 11) is 0. The van der Waals surface area contributed by atoms with Crippen molar-refractivity contribution >= 4 is 21.8 Å². The van der Waals surface area contributed by atoms with Gasteiger partial charge in [0.25, 0.3) is 0 Å². The van der Waals surface area contributed by atoms with Gasteiger partial charge in [0.15, 0.2) is 0 Å². The number of carbonyl (C=O) groups is 1. The van der Waals surface area contributed by atoms with Crippen molar-refractivity contribution < 1.29 is 9.18 Å². The molecule has 2 aromatic carbocycles. The first-order chi connectivity index (χ1) is 12.9. The summed E-state index contributed by atoms with van der Waals surface area (Å²) in [4.78, 5) is 15.3. The molecule has 27 heavy (non-hydrogen) atoms. The Bertz CT molecular complexity index is 786. The van der Waals surface area contributed by atoms with Crippen molar-refractivity contribution in [2.24, 2.45) is 0 Å². The summed E-state index contributed by atoms with van der Waals surface area (Å²) in [5, 5.41) is 3.18. The third kappa shape index (κ3) is 4.96. The average Bonchev–Trinajstić information content (AvgIpc) is 2.66. The summed E-state index contributed by atoms with van der Waals surface area (Å²) in [6.07, 6.45) is 1.86. The quantitative estimate of drug-likeness (QED) is 0.745. The van der Waals surface area contributed by atoms with Crippen LogP contribution in [0.1, 0.15) is 37.8 Å². The van der Waals surface area contributed by atoms with Crippen molar-refractivity contribution in [1.29, 1.82) is 0 Å². The van der Waals surface area contributed by atoms with Crippen molar-refractivity contribution in [3.63, 3.8) is 0 Å². The first-order valence-electron chi connectivity index (χ1n) is 9.39. The molecule has 5 heteroatoms. The molecule has 144 valence electrons. The first-order valence-corrected chi connectivity index (χ1v) is 10.2. The molecule has 1 N–H and O–H groups in total. The second-order valence-electron chi connectivity index (χ2n) is 7.76. The Hall–Kier alpha value is -1.72. The zero-order valence-electron chi connectivity index (χ0n) is 15.8. The van der Waals surface area contributed by atoms with E-state index in [2.05, 4.69) is 50.4 Å². The minimum Gasteiger partial charge on any atom is -0.353 e. The maximum atomic E-state index is 13.7. The van der Waals surface area contributed by atoms with Crippen LogP contribution in [0.15, 0.2) is 53.0 Å². The van der Waals surface area contributed by atoms with Gasteiger partial charge in [0, 0.05) is 30.1 Å². The molecule has 1 amide bonds. The molecule has 3 rings (SSSR count). The molecule has 0 radical (unpaired) electrons. The molecule has 1 heterocycles. The predicted octanol–water partition coefficient (Wildman–Crippen LogP) is 4.65. The van der Waals surface area contributed by atoms with Crippen molar-refractivity contribution in [1.82, 2.24) is 10.2 Å². The third-order valence-corrected chi connectivity index (χ3v) is 6.03. The van der Waals surface area contributed by atoms with Crippen LogP contribution in [-0.2, 0) is 16.8 Å². The molecule has 0 spiro atoms. The molecule has 0 aromatic heterocycles. The molecule has 2 aromatic rings. The lowest BCUT2D eigenvalue weighted by Gasteiger charge is -2.34. The molecule has 0 unspecified atom stereocenters. The summed E-state index contributed by atoms with van der Waals surface area (Å²) < 4.78 is 14.4. The van der Waals surface area contributed by atoms with Crippen molar-refractivity contribution in [2.75, 3.05) is 13.1 Å². The highest BCUT2D eigenvalue weighted by molar-refractivity contribution is 9.10. The van der Waals surface area contributed by atoms with Gasteiger partial charge in [-0.05, 0) is 56.0 Å². The van der Waals surface area contributed by atoms with Crippen molar-refractivity contribution in [2.45, 2.75) is 44.7 Å². The minimum atomic E-state index is -0.803. The van der Waals surface area contributed by atoms with Crippen molar-refractivity contribution in [3.05, 3.63) is 69.9 Å². The van der Waals surface area contributed by atoms with E-state index in [1.807, 2.05) is 19.9 Å². The van der Waals surface area contributed by atoms with Gasteiger partial charge in [-0.3, -0.25) is 9.69 Å². The Labute approximate surface area is 169 Å². The Morgan fingerprint density at radius 3 is 2.52 bits per heavy atom. The van der Waals surface area contributed by atoms with E-state index in [1.54, 1.807) is 6.07 Å². The number of piperidine rings is 1. The average molecular weight is 433 g/mol. The molecule has 1 aliphatic heterocycles. The minimum absolute atomic E-state index is 0.0599. The Morgan fingerprint density at radius 1 is 1.19 bits per heavy atom. The maximum Gasteiger partial charge on any atom is 0.230 e. The molecular weight excluding hydrogens is 407 g/mol. The normalized spacial score (nSPS) is 16.3. The number of carbonyl (C=O) groups excluding carboxylic acids is 1. The van der Waals surface area contributed by atoms with Crippen LogP contribution in [0.5, 0.6) is 0 Å². The van der Waals surface area contributed by atoms with Crippen LogP contribution in [0.25, 0.3) is 0 Å². The highest BCUT2D eigenvalue weighted by Crippen LogP contribution is 2.31. The van der Waals surface area contributed by atoms with Crippen LogP contribution in [0.2, 0.25) is 0 Å². The highest BCUT2D eigenvalue weighted by Gasteiger charge is 2.34. The zero-order chi connectivity index (χ0) is 19.4. The highest BCUT2D eigenvalue weighted by atomic mass is 79.9. The number of nitrogens with one attached hydrogen (secondary N) is 1. The Morgan fingerprint density at radius 2 is 1.85 bits per heavy atom. The Kier molecular flexibility index (Phi) is 6.33. The van der Waals surface area contributed by atoms with E-state index in [1.165, 1.54) is 17.7 Å². The van der Waals surface area contributed by atoms with Gasteiger partial charge in [-0.2, -0.15) is 0 Å². The van der Waals surface area contributed by atoms with Crippen LogP contribution >= 0.6 is 15.9 Å². The van der Waals surface area contributed by atoms with Crippen molar-refractivity contribution in [3.8, 4) is 0 Å². The number of hydrogen-bond donors (Lipinski definition) is 1. The molecule has 3 nitrogen and oxygen atoms in total. The topological polar surface area (TPSA) is 32.3 Å². The van der Waals surface area contributed by atoms with Crippen LogP contribution in [-0.4, -0.2) is 29.9 Å². The van der Waals surface area contributed by atoms with Crippen LogP contribution in [0.3, 0.4) is 0 Å². The third-order valence-electron chi connectivity index (χ3n) is 5.34. The monoisotopic (exact) mass is 432 g/mol. The molecule has 0 bridgehead atoms. The zero-order valence-corrected chi connectivity index (χ0v) is 17.4. The molecule has 0 saturated carbocycles. The van der Waals surface area contributed by atoms with E-state index in [9.17, 15) is 9.18 Å². The van der Waals surface area contributed by atoms with Gasteiger partial charge >= 0.3 is 0 Å². The van der Waals surface area contributed by atoms with Gasteiger partial charge in [0.2, 0.25) is 5.91 Å². The Balaban J connectivity index is 1.56. The smallest absolute Gasteiger partial charge is 0.230 e. The van der Waals surface area contributed by atoms with Crippen LogP contribution in [0, 0.1) is 5.82 Å². The number of rotatable bonds is 5. The molecule has 1 saturated heterocycles. The summed E-state index contributed by atoms with van der Waals surface area (Å²) in [5.41, 5.74) is 1.18. The van der Waals surface area contributed by atoms with Gasteiger partial charge in [-0.15, -0.1) is 0 Å². The standard InChI is InChI=1S/C22H26BrFN2O/c1-22(2,19-14-17(24)8-9-20(19)23)21(27)25-18-10-12-26(13-11-18)15-16-6-4-3-5-7-16/h3-9,14,18H,10-13,15H2,1-2H3,(H,25,27). The lowest BCUT2D eigenvalue weighted by Crippen LogP contribution is -2.49. The predicted molar refractivity (Wildman–Crippen MR) is 110 cm³/mol. The van der Waals surface area contributed by atoms with E-state index in [0.29, 0.717) is 5.56 Å². The van der Waals surface area contributed by atoms with Gasteiger partial charge < -0.3 is 5.32 Å². The first kappa shape index (κ1) is 20.0. The van der Waals surface area contributed by atoms with E-state index in [-0.39, 0.29) is 17.8 Å². The van der Waals surface area contributed by atoms with Crippen LogP contribution in [0.4, 0.5) is 4.39 Å². The molecule has 0 atom stereocenters. The molecule has 1 aliphatic rings. The van der Waals surface area contributed by atoms with Gasteiger partial charge in [0.1, 0.15) is 5.82 Å². The summed E-state index contributed by atoms with van der Waals surface area (Å²) in [6, 6.07) is 15.1. The van der Waals surface area contributed by atoms with E-state index < -0.39 is 5.41 Å². The van der Waals surface area contributed by atoms with E-state index in [0.717, 1.165) is 36.9 Å². The summed E-state index contributed by atoms with van der Waals surface area (Å²) >= 11 is 3.45. The number of nitrogens with zero attached hydrogens (tertiary/aromatic N) is 1. The number of hydrogen-bond acceptors (Lipinski definition) is 2.